The fraction of sp³-hybridized carbons (Fsp3) is 0.136. The number of fused-ring (bicyclic) bond motifs is 1. The molecule has 2 aromatic carbocycles. The summed E-state index contributed by atoms with van der Waals surface area (Å²) in [4.78, 5) is 30.8. The average Bonchev–Trinajstić information content (AvgIpc) is 3.10. The molecule has 2 heterocycles. The van der Waals surface area contributed by atoms with Gasteiger partial charge in [-0.1, -0.05) is 48.0 Å². The van der Waals surface area contributed by atoms with Crippen LogP contribution >= 0.6 is 11.6 Å². The molecule has 0 fully saturated rings. The Hall–Kier alpha value is -3.38. The minimum Gasteiger partial charge on any atom is -0.320 e. The zero-order chi connectivity index (χ0) is 20.5. The van der Waals surface area contributed by atoms with E-state index in [1.807, 2.05) is 49.4 Å². The number of benzene rings is 2. The summed E-state index contributed by atoms with van der Waals surface area (Å²) in [6.45, 7) is 6.12. The summed E-state index contributed by atoms with van der Waals surface area (Å²) in [6, 6.07) is 14.9. The van der Waals surface area contributed by atoms with E-state index in [1.54, 1.807) is 17.0 Å². The first-order valence-corrected chi connectivity index (χ1v) is 9.51. The van der Waals surface area contributed by atoms with Crippen LogP contribution in [0.15, 0.2) is 77.1 Å². The van der Waals surface area contributed by atoms with E-state index in [0.29, 0.717) is 28.4 Å². The van der Waals surface area contributed by atoms with Gasteiger partial charge in [0.1, 0.15) is 0 Å². The smallest absolute Gasteiger partial charge is 0.320 e. The second-order valence-corrected chi connectivity index (χ2v) is 7.22. The molecule has 146 valence electrons. The molecule has 6 nitrogen and oxygen atoms in total. The largest absolute Gasteiger partial charge is 0.337 e. The van der Waals surface area contributed by atoms with Gasteiger partial charge in [0.25, 0.3) is 5.56 Å². The highest BCUT2D eigenvalue weighted by Gasteiger charge is 2.19. The van der Waals surface area contributed by atoms with Gasteiger partial charge in [0, 0.05) is 18.1 Å². The Morgan fingerprint density at radius 3 is 2.66 bits per heavy atom. The fourth-order valence-electron chi connectivity index (χ4n) is 3.45. The van der Waals surface area contributed by atoms with Gasteiger partial charge < -0.3 is 4.57 Å². The van der Waals surface area contributed by atoms with E-state index in [1.165, 1.54) is 15.2 Å². The number of aromatic nitrogens is 4. The first-order chi connectivity index (χ1) is 14.0. The van der Waals surface area contributed by atoms with Gasteiger partial charge in [-0.2, -0.15) is 0 Å². The third-order valence-corrected chi connectivity index (χ3v) is 5.05. The van der Waals surface area contributed by atoms with Gasteiger partial charge in [-0.25, -0.2) is 14.3 Å². The normalized spacial score (nSPS) is 11.1. The molecule has 0 N–H and O–H groups in total. The molecule has 0 unspecified atom stereocenters. The number of imidazole rings is 1. The lowest BCUT2D eigenvalue weighted by molar-refractivity contribution is 0.689. The summed E-state index contributed by atoms with van der Waals surface area (Å²) in [5.41, 5.74) is 2.38. The summed E-state index contributed by atoms with van der Waals surface area (Å²) in [5.74, 6) is 0. The molecule has 7 heteroatoms. The molecule has 0 amide bonds. The van der Waals surface area contributed by atoms with Crippen molar-refractivity contribution < 1.29 is 0 Å². The number of para-hydroxylation sites is 1. The molecule has 0 radical (unpaired) electrons. The summed E-state index contributed by atoms with van der Waals surface area (Å²) in [5, 5.41) is 0.618. The highest BCUT2D eigenvalue weighted by Crippen LogP contribution is 2.18. The molecule has 0 aliphatic rings. The number of allylic oxidation sites excluding steroid dienone is 1. The minimum absolute atomic E-state index is 0.113. The van der Waals surface area contributed by atoms with Gasteiger partial charge in [-0.15, -0.1) is 6.58 Å². The maximum Gasteiger partial charge on any atom is 0.337 e. The lowest BCUT2D eigenvalue weighted by Gasteiger charge is -2.13. The third kappa shape index (κ3) is 3.32. The van der Waals surface area contributed by atoms with Crippen molar-refractivity contribution in [2.75, 3.05) is 0 Å². The Labute approximate surface area is 171 Å². The van der Waals surface area contributed by atoms with Gasteiger partial charge in [0.15, 0.2) is 11.2 Å². The first-order valence-electron chi connectivity index (χ1n) is 9.13. The maximum atomic E-state index is 13.2. The van der Waals surface area contributed by atoms with Crippen molar-refractivity contribution in [3.05, 3.63) is 105 Å². The predicted octanol–water partition coefficient (Wildman–Crippen LogP) is 3.55. The standard InChI is InChI=1S/C22H19ClN4O2/c1-3-11-26-21(28)19-20(27(22(26)29)18-10-5-4-7-15(18)2)24-14-25(19)13-16-8-6-9-17(23)12-16/h3-10,12,14H,1,11,13H2,2H3. The van der Waals surface area contributed by atoms with Gasteiger partial charge in [0.2, 0.25) is 0 Å². The van der Waals surface area contributed by atoms with Crippen LogP contribution < -0.4 is 11.2 Å². The molecule has 0 saturated heterocycles. The molecule has 4 rings (SSSR count). The van der Waals surface area contributed by atoms with Crippen molar-refractivity contribution in [1.29, 1.82) is 0 Å². The number of hydrogen-bond donors (Lipinski definition) is 0. The van der Waals surface area contributed by atoms with Crippen molar-refractivity contribution in [2.24, 2.45) is 0 Å². The topological polar surface area (TPSA) is 61.8 Å². The molecule has 0 spiro atoms. The van der Waals surface area contributed by atoms with E-state index in [9.17, 15) is 9.59 Å². The van der Waals surface area contributed by atoms with Crippen molar-refractivity contribution in [3.8, 4) is 5.69 Å². The van der Waals surface area contributed by atoms with E-state index in [0.717, 1.165) is 11.1 Å². The van der Waals surface area contributed by atoms with Crippen molar-refractivity contribution in [1.82, 2.24) is 18.7 Å². The molecular formula is C22H19ClN4O2. The lowest BCUT2D eigenvalue weighted by atomic mass is 10.2. The van der Waals surface area contributed by atoms with E-state index < -0.39 is 11.2 Å². The van der Waals surface area contributed by atoms with Crippen LogP contribution in [0, 0.1) is 6.92 Å². The zero-order valence-corrected chi connectivity index (χ0v) is 16.6. The van der Waals surface area contributed by atoms with Crippen LogP contribution in [0.25, 0.3) is 16.9 Å². The van der Waals surface area contributed by atoms with Crippen LogP contribution in [0.5, 0.6) is 0 Å². The van der Waals surface area contributed by atoms with Crippen LogP contribution in [0.1, 0.15) is 11.1 Å². The lowest BCUT2D eigenvalue weighted by Crippen LogP contribution is -2.40. The SMILES string of the molecule is C=CCn1c(=O)c2c(ncn2Cc2cccc(Cl)c2)n(-c2ccccc2C)c1=O. The Bertz CT molecular complexity index is 1350. The predicted molar refractivity (Wildman–Crippen MR) is 115 cm³/mol. The van der Waals surface area contributed by atoms with E-state index in [-0.39, 0.29) is 6.54 Å². The number of aryl methyl sites for hydroxylation is 1. The molecule has 0 aliphatic carbocycles. The summed E-state index contributed by atoms with van der Waals surface area (Å²) < 4.78 is 4.42. The Morgan fingerprint density at radius 2 is 1.93 bits per heavy atom. The van der Waals surface area contributed by atoms with Crippen molar-refractivity contribution >= 4 is 22.8 Å². The minimum atomic E-state index is -0.440. The van der Waals surface area contributed by atoms with Crippen LogP contribution in [-0.4, -0.2) is 18.7 Å². The maximum absolute atomic E-state index is 13.2. The number of halogens is 1. The Morgan fingerprint density at radius 1 is 1.14 bits per heavy atom. The van der Waals surface area contributed by atoms with E-state index in [4.69, 9.17) is 11.6 Å². The quantitative estimate of drug-likeness (QED) is 0.476. The van der Waals surface area contributed by atoms with Gasteiger partial charge in [-0.3, -0.25) is 9.36 Å². The first kappa shape index (κ1) is 19.0. The average molecular weight is 407 g/mol. The number of hydrogen-bond acceptors (Lipinski definition) is 3. The second-order valence-electron chi connectivity index (χ2n) is 6.78. The second kappa shape index (κ2) is 7.56. The van der Waals surface area contributed by atoms with Crippen LogP contribution in [0.3, 0.4) is 0 Å². The number of nitrogens with zero attached hydrogens (tertiary/aromatic N) is 4. The highest BCUT2D eigenvalue weighted by atomic mass is 35.5. The number of rotatable bonds is 5. The van der Waals surface area contributed by atoms with Gasteiger partial charge in [0.05, 0.1) is 12.0 Å². The fourth-order valence-corrected chi connectivity index (χ4v) is 3.67. The summed E-state index contributed by atoms with van der Waals surface area (Å²) >= 11 is 6.10. The van der Waals surface area contributed by atoms with Crippen molar-refractivity contribution in [3.63, 3.8) is 0 Å². The molecule has 0 atom stereocenters. The van der Waals surface area contributed by atoms with E-state index >= 15 is 0 Å². The third-order valence-electron chi connectivity index (χ3n) is 4.81. The molecule has 0 aliphatic heterocycles. The van der Waals surface area contributed by atoms with Crippen LogP contribution in [-0.2, 0) is 13.1 Å². The molecule has 2 aromatic heterocycles. The molecule has 4 aromatic rings. The molecule has 29 heavy (non-hydrogen) atoms. The molecule has 0 bridgehead atoms. The van der Waals surface area contributed by atoms with Gasteiger partial charge in [-0.05, 0) is 36.2 Å². The van der Waals surface area contributed by atoms with Crippen LogP contribution in [0.4, 0.5) is 0 Å². The summed E-state index contributed by atoms with van der Waals surface area (Å²) in [7, 11) is 0. The van der Waals surface area contributed by atoms with Crippen molar-refractivity contribution in [2.45, 2.75) is 20.0 Å². The van der Waals surface area contributed by atoms with E-state index in [2.05, 4.69) is 11.6 Å². The molecular weight excluding hydrogens is 388 g/mol. The Balaban J connectivity index is 2.03. The monoisotopic (exact) mass is 406 g/mol. The Kier molecular flexibility index (Phi) is 4.94. The zero-order valence-electron chi connectivity index (χ0n) is 15.9. The van der Waals surface area contributed by atoms with Gasteiger partial charge >= 0.3 is 5.69 Å². The molecule has 0 saturated carbocycles. The summed E-state index contributed by atoms with van der Waals surface area (Å²) in [6.07, 6.45) is 3.12. The van der Waals surface area contributed by atoms with Crippen LogP contribution in [0.2, 0.25) is 5.02 Å². The highest BCUT2D eigenvalue weighted by molar-refractivity contribution is 6.30.